The van der Waals surface area contributed by atoms with E-state index in [9.17, 15) is 4.79 Å². The Bertz CT molecular complexity index is 575. The first kappa shape index (κ1) is 12.3. The number of pyridine rings is 2. The summed E-state index contributed by atoms with van der Waals surface area (Å²) in [5.41, 5.74) is 0.642. The number of ether oxygens (including phenoxy) is 1. The lowest BCUT2D eigenvalue weighted by molar-refractivity contribution is 0.475. The van der Waals surface area contributed by atoms with E-state index in [4.69, 9.17) is 16.3 Å². The van der Waals surface area contributed by atoms with Gasteiger partial charge in [0.05, 0.1) is 5.69 Å². The zero-order chi connectivity index (χ0) is 13.0. The van der Waals surface area contributed by atoms with Gasteiger partial charge in [-0.2, -0.15) is 0 Å². The summed E-state index contributed by atoms with van der Waals surface area (Å²) in [4.78, 5) is 18.2. The number of nitrogens with zero attached hydrogens (tertiary/aromatic N) is 2. The van der Waals surface area contributed by atoms with Gasteiger partial charge < -0.3 is 10.1 Å². The van der Waals surface area contributed by atoms with Gasteiger partial charge in [0.1, 0.15) is 22.5 Å². The van der Waals surface area contributed by atoms with Crippen molar-refractivity contribution in [3.63, 3.8) is 0 Å². The molecule has 2 aromatic heterocycles. The Balaban J connectivity index is 2.21. The molecule has 0 unspecified atom stereocenters. The molecule has 0 aromatic carbocycles. The van der Waals surface area contributed by atoms with E-state index < -0.39 is 0 Å². The number of nitrogens with one attached hydrogen (secondary N) is 1. The maximum absolute atomic E-state index is 10.2. The lowest BCUT2D eigenvalue weighted by Crippen LogP contribution is -1.99. The molecule has 2 heterocycles. The van der Waals surface area contributed by atoms with Crippen LogP contribution in [0, 0.1) is 6.92 Å². The maximum Gasteiger partial charge on any atom is 0.315 e. The smallest absolute Gasteiger partial charge is 0.315 e. The predicted octanol–water partition coefficient (Wildman–Crippen LogP) is 2.71. The van der Waals surface area contributed by atoms with Crippen molar-refractivity contribution in [2.24, 2.45) is 0 Å². The third-order valence-electron chi connectivity index (χ3n) is 2.14. The van der Waals surface area contributed by atoms with Crippen molar-refractivity contribution in [1.29, 1.82) is 0 Å². The first-order valence-electron chi connectivity index (χ1n) is 5.09. The number of hydrogen-bond acceptors (Lipinski definition) is 4. The fraction of sp³-hybridized carbons (Fsp3) is 0.0833. The van der Waals surface area contributed by atoms with Crippen LogP contribution >= 0.6 is 11.6 Å². The third kappa shape index (κ3) is 2.95. The van der Waals surface area contributed by atoms with Crippen molar-refractivity contribution in [3.8, 4) is 11.5 Å². The van der Waals surface area contributed by atoms with E-state index in [1.165, 1.54) is 0 Å². The Morgan fingerprint density at radius 3 is 2.89 bits per heavy atom. The third-order valence-corrected chi connectivity index (χ3v) is 2.35. The fourth-order valence-corrected chi connectivity index (χ4v) is 1.52. The lowest BCUT2D eigenvalue weighted by atomic mass is 10.3. The topological polar surface area (TPSA) is 64.1 Å². The van der Waals surface area contributed by atoms with E-state index in [1.807, 2.05) is 0 Å². The van der Waals surface area contributed by atoms with Gasteiger partial charge in [-0.15, -0.1) is 0 Å². The normalized spacial score (nSPS) is 9.89. The molecular weight excluding hydrogens is 254 g/mol. The van der Waals surface area contributed by atoms with E-state index in [0.717, 1.165) is 0 Å². The van der Waals surface area contributed by atoms with Crippen molar-refractivity contribution < 1.29 is 9.53 Å². The van der Waals surface area contributed by atoms with Crippen LogP contribution in [0.2, 0.25) is 5.15 Å². The van der Waals surface area contributed by atoms with Gasteiger partial charge in [-0.25, -0.2) is 9.97 Å². The van der Waals surface area contributed by atoms with Gasteiger partial charge in [0.15, 0.2) is 0 Å². The van der Waals surface area contributed by atoms with Crippen LogP contribution in [0.1, 0.15) is 5.69 Å². The molecule has 0 saturated carbocycles. The Morgan fingerprint density at radius 2 is 2.22 bits per heavy atom. The molecule has 18 heavy (non-hydrogen) atoms. The summed E-state index contributed by atoms with van der Waals surface area (Å²) in [6, 6.07) is 6.62. The molecule has 6 heteroatoms. The first-order valence-corrected chi connectivity index (χ1v) is 5.47. The standard InChI is InChI=1S/C12H9ClN3O2/c1-8-10(2-3-12(16-8)15-7-17)18-9-4-5-14-11(13)6-9/h2-6H,1H3,(H,15,16,17). The van der Waals surface area contributed by atoms with E-state index >= 15 is 0 Å². The molecule has 2 rings (SSSR count). The number of anilines is 1. The number of rotatable bonds is 4. The average molecular weight is 263 g/mol. The molecule has 0 aliphatic carbocycles. The summed E-state index contributed by atoms with van der Waals surface area (Å²) in [5.74, 6) is 1.57. The highest BCUT2D eigenvalue weighted by Gasteiger charge is 2.05. The number of amides is 1. The van der Waals surface area contributed by atoms with Crippen LogP contribution in [0.15, 0.2) is 30.5 Å². The molecule has 0 atom stereocenters. The van der Waals surface area contributed by atoms with Crippen molar-refractivity contribution >= 4 is 23.8 Å². The summed E-state index contributed by atoms with van der Waals surface area (Å²) >= 11 is 5.76. The number of aryl methyl sites for hydroxylation is 1. The molecule has 5 nitrogen and oxygen atoms in total. The van der Waals surface area contributed by atoms with Crippen molar-refractivity contribution in [3.05, 3.63) is 41.3 Å². The van der Waals surface area contributed by atoms with Crippen LogP contribution in [-0.2, 0) is 4.79 Å². The highest BCUT2D eigenvalue weighted by atomic mass is 35.5. The second-order valence-corrected chi connectivity index (χ2v) is 3.81. The molecule has 1 N–H and O–H groups in total. The van der Waals surface area contributed by atoms with Crippen molar-refractivity contribution in [1.82, 2.24) is 9.97 Å². The SMILES string of the molecule is Cc1nc(N[C]=O)ccc1Oc1ccnc(Cl)c1. The van der Waals surface area contributed by atoms with Gasteiger partial charge in [0.2, 0.25) is 0 Å². The Labute approximate surface area is 109 Å². The zero-order valence-electron chi connectivity index (χ0n) is 9.48. The molecule has 0 spiro atoms. The highest BCUT2D eigenvalue weighted by Crippen LogP contribution is 2.25. The average Bonchev–Trinajstić information content (AvgIpc) is 2.33. The van der Waals surface area contributed by atoms with Crippen LogP contribution in [0.3, 0.4) is 0 Å². The minimum atomic E-state index is 0.354. The quantitative estimate of drug-likeness (QED) is 0.680. The number of hydrogen-bond donors (Lipinski definition) is 1. The van der Waals surface area contributed by atoms with E-state index in [2.05, 4.69) is 15.3 Å². The monoisotopic (exact) mass is 262 g/mol. The molecule has 1 amide bonds. The summed E-state index contributed by atoms with van der Waals surface area (Å²) in [6.45, 7) is 1.77. The predicted molar refractivity (Wildman–Crippen MR) is 67.6 cm³/mol. The molecule has 0 aliphatic rings. The van der Waals surface area contributed by atoms with Gasteiger partial charge in [-0.1, -0.05) is 11.6 Å². The fourth-order valence-electron chi connectivity index (χ4n) is 1.35. The van der Waals surface area contributed by atoms with Crippen LogP contribution in [0.4, 0.5) is 5.82 Å². The molecule has 0 bridgehead atoms. The molecule has 91 valence electrons. The van der Waals surface area contributed by atoms with Crippen molar-refractivity contribution in [2.75, 3.05) is 5.32 Å². The van der Waals surface area contributed by atoms with Gasteiger partial charge in [-0.3, -0.25) is 4.79 Å². The summed E-state index contributed by atoms with van der Waals surface area (Å²) in [5, 5.41) is 2.70. The molecule has 0 saturated heterocycles. The number of carbonyl (C=O) groups excluding carboxylic acids is 1. The molecule has 2 aromatic rings. The molecular formula is C12H9ClN3O2. The van der Waals surface area contributed by atoms with Gasteiger partial charge >= 0.3 is 6.41 Å². The Hall–Kier alpha value is -2.14. The minimum Gasteiger partial charge on any atom is -0.455 e. The second-order valence-electron chi connectivity index (χ2n) is 3.42. The highest BCUT2D eigenvalue weighted by molar-refractivity contribution is 6.29. The van der Waals surface area contributed by atoms with E-state index in [-0.39, 0.29) is 0 Å². The number of halogens is 1. The molecule has 0 aliphatic heterocycles. The zero-order valence-corrected chi connectivity index (χ0v) is 10.2. The minimum absolute atomic E-state index is 0.354. The Morgan fingerprint density at radius 1 is 1.39 bits per heavy atom. The maximum atomic E-state index is 10.2. The van der Waals surface area contributed by atoms with Crippen LogP contribution in [0.5, 0.6) is 11.5 Å². The Kier molecular flexibility index (Phi) is 3.74. The first-order chi connectivity index (χ1) is 8.69. The van der Waals surface area contributed by atoms with Gasteiger partial charge in [-0.05, 0) is 25.1 Å². The van der Waals surface area contributed by atoms with E-state index in [0.29, 0.717) is 28.2 Å². The van der Waals surface area contributed by atoms with Crippen LogP contribution in [0.25, 0.3) is 0 Å². The molecule has 1 radical (unpaired) electrons. The van der Waals surface area contributed by atoms with Crippen molar-refractivity contribution in [2.45, 2.75) is 6.92 Å². The van der Waals surface area contributed by atoms with Crippen LogP contribution in [-0.4, -0.2) is 16.4 Å². The van der Waals surface area contributed by atoms with Gasteiger partial charge in [0, 0.05) is 12.3 Å². The van der Waals surface area contributed by atoms with Gasteiger partial charge in [0.25, 0.3) is 0 Å². The summed E-state index contributed by atoms with van der Waals surface area (Å²) in [6.07, 6.45) is 3.11. The lowest BCUT2D eigenvalue weighted by Gasteiger charge is -2.08. The summed E-state index contributed by atoms with van der Waals surface area (Å²) < 4.78 is 5.61. The largest absolute Gasteiger partial charge is 0.455 e. The summed E-state index contributed by atoms with van der Waals surface area (Å²) in [7, 11) is 0. The van der Waals surface area contributed by atoms with Crippen LogP contribution < -0.4 is 10.1 Å². The number of aromatic nitrogens is 2. The van der Waals surface area contributed by atoms with E-state index in [1.54, 1.807) is 43.8 Å². The second kappa shape index (κ2) is 5.46. The molecule has 0 fully saturated rings.